The summed E-state index contributed by atoms with van der Waals surface area (Å²) >= 11 is 1.67. The third-order valence-corrected chi connectivity index (χ3v) is 7.32. The Hall–Kier alpha value is -2.95. The summed E-state index contributed by atoms with van der Waals surface area (Å²) in [6, 6.07) is 25.9. The Morgan fingerprint density at radius 2 is 1.56 bits per heavy atom. The molecule has 0 aliphatic carbocycles. The molecule has 1 saturated heterocycles. The maximum Gasteiger partial charge on any atom is 0.195 e. The van der Waals surface area contributed by atoms with Crippen LogP contribution in [0.3, 0.4) is 0 Å². The molecule has 3 aromatic carbocycles. The van der Waals surface area contributed by atoms with Crippen molar-refractivity contribution in [3.63, 3.8) is 0 Å². The maximum atomic E-state index is 13.5. The van der Waals surface area contributed by atoms with E-state index in [1.54, 1.807) is 11.3 Å². The second kappa shape index (κ2) is 9.68. The summed E-state index contributed by atoms with van der Waals surface area (Å²) in [5, 5.41) is 1.02. The van der Waals surface area contributed by atoms with Crippen LogP contribution in [0.4, 0.5) is 0 Å². The van der Waals surface area contributed by atoms with Gasteiger partial charge in [-0.3, -0.25) is 9.69 Å². The smallest absolute Gasteiger partial charge is 0.195 e. The Morgan fingerprint density at radius 3 is 2.34 bits per heavy atom. The molecule has 0 radical (unpaired) electrons. The number of rotatable bonds is 7. The van der Waals surface area contributed by atoms with Gasteiger partial charge in [-0.05, 0) is 61.8 Å². The normalized spacial score (nSPS) is 14.5. The molecule has 162 valence electrons. The van der Waals surface area contributed by atoms with Gasteiger partial charge in [0.15, 0.2) is 5.78 Å². The number of nitrogens with zero attached hydrogens (tertiary/aromatic N) is 1. The van der Waals surface area contributed by atoms with Crippen molar-refractivity contribution in [3.05, 3.63) is 90.0 Å². The molecular weight excluding hydrogens is 414 g/mol. The van der Waals surface area contributed by atoms with Crippen molar-refractivity contribution in [1.82, 2.24) is 4.90 Å². The van der Waals surface area contributed by atoms with Crippen molar-refractivity contribution in [3.8, 4) is 16.2 Å². The fraction of sp³-hybridized carbons (Fsp3) is 0.250. The summed E-state index contributed by atoms with van der Waals surface area (Å²) in [5.41, 5.74) is 2.55. The van der Waals surface area contributed by atoms with Gasteiger partial charge < -0.3 is 4.74 Å². The van der Waals surface area contributed by atoms with Gasteiger partial charge in [0.25, 0.3) is 0 Å². The molecule has 0 atom stereocenters. The largest absolute Gasteiger partial charge is 0.492 e. The molecule has 1 aliphatic heterocycles. The zero-order valence-electron chi connectivity index (χ0n) is 18.1. The van der Waals surface area contributed by atoms with Gasteiger partial charge in [0.05, 0.1) is 0 Å². The lowest BCUT2D eigenvalue weighted by molar-refractivity contribution is 0.104. The second-order valence-electron chi connectivity index (χ2n) is 8.27. The quantitative estimate of drug-likeness (QED) is 0.300. The fourth-order valence-electron chi connectivity index (χ4n) is 4.39. The van der Waals surface area contributed by atoms with Crippen LogP contribution < -0.4 is 4.74 Å². The van der Waals surface area contributed by atoms with E-state index in [2.05, 4.69) is 23.1 Å². The molecule has 4 heteroatoms. The summed E-state index contributed by atoms with van der Waals surface area (Å²) in [5.74, 6) is 0.947. The summed E-state index contributed by atoms with van der Waals surface area (Å²) < 4.78 is 7.13. The number of fused-ring (bicyclic) bond motifs is 1. The van der Waals surface area contributed by atoms with Crippen LogP contribution >= 0.6 is 11.3 Å². The van der Waals surface area contributed by atoms with Crippen LogP contribution in [-0.2, 0) is 0 Å². The fourth-order valence-corrected chi connectivity index (χ4v) is 5.59. The Morgan fingerprint density at radius 1 is 0.844 bits per heavy atom. The molecule has 0 bridgehead atoms. The lowest BCUT2D eigenvalue weighted by Crippen LogP contribution is -2.33. The Bertz CT molecular complexity index is 1190. The highest BCUT2D eigenvalue weighted by atomic mass is 32.1. The SMILES string of the molecule is O=C(c1ccccc1)c1c(-c2ccc(OCCN3CCCCC3)cc2)sc2ccccc12. The molecule has 32 heavy (non-hydrogen) atoms. The Labute approximate surface area is 193 Å². The third kappa shape index (κ3) is 4.47. The first-order chi connectivity index (χ1) is 15.8. The van der Waals surface area contributed by atoms with E-state index >= 15 is 0 Å². The van der Waals surface area contributed by atoms with Crippen LogP contribution in [0.15, 0.2) is 78.9 Å². The summed E-state index contributed by atoms with van der Waals surface area (Å²) in [4.78, 5) is 16.9. The lowest BCUT2D eigenvalue weighted by atomic mass is 9.98. The predicted molar refractivity (Wildman–Crippen MR) is 133 cm³/mol. The molecule has 1 aliphatic rings. The molecule has 0 saturated carbocycles. The van der Waals surface area contributed by atoms with Crippen LogP contribution in [0, 0.1) is 0 Å². The van der Waals surface area contributed by atoms with E-state index in [0.29, 0.717) is 6.61 Å². The average Bonchev–Trinajstić information content (AvgIpc) is 3.25. The number of piperidine rings is 1. The third-order valence-electron chi connectivity index (χ3n) is 6.10. The van der Waals surface area contributed by atoms with Crippen LogP contribution in [-0.4, -0.2) is 36.9 Å². The van der Waals surface area contributed by atoms with Gasteiger partial charge in [-0.25, -0.2) is 0 Å². The molecule has 1 aromatic heterocycles. The molecule has 0 unspecified atom stereocenters. The number of benzene rings is 3. The van der Waals surface area contributed by atoms with Crippen LogP contribution in [0.2, 0.25) is 0 Å². The molecule has 5 rings (SSSR count). The highest BCUT2D eigenvalue weighted by Gasteiger charge is 2.21. The summed E-state index contributed by atoms with van der Waals surface area (Å²) in [7, 11) is 0. The van der Waals surface area contributed by atoms with Gasteiger partial charge in [0.1, 0.15) is 12.4 Å². The monoisotopic (exact) mass is 441 g/mol. The van der Waals surface area contributed by atoms with Gasteiger partial charge in [0, 0.05) is 32.6 Å². The molecule has 0 amide bonds. The Balaban J connectivity index is 1.39. The molecule has 2 heterocycles. The molecule has 1 fully saturated rings. The minimum Gasteiger partial charge on any atom is -0.492 e. The van der Waals surface area contributed by atoms with Crippen molar-refractivity contribution in [2.24, 2.45) is 0 Å². The first-order valence-electron chi connectivity index (χ1n) is 11.4. The van der Waals surface area contributed by atoms with E-state index in [1.807, 2.05) is 60.7 Å². The van der Waals surface area contributed by atoms with E-state index in [9.17, 15) is 4.79 Å². The van der Waals surface area contributed by atoms with E-state index in [-0.39, 0.29) is 5.78 Å². The predicted octanol–water partition coefficient (Wildman–Crippen LogP) is 6.66. The zero-order chi connectivity index (χ0) is 21.8. The molecule has 0 N–H and O–H groups in total. The lowest BCUT2D eigenvalue weighted by Gasteiger charge is -2.26. The number of ether oxygens (including phenoxy) is 1. The first-order valence-corrected chi connectivity index (χ1v) is 12.2. The van der Waals surface area contributed by atoms with E-state index < -0.39 is 0 Å². The van der Waals surface area contributed by atoms with Gasteiger partial charge in [0.2, 0.25) is 0 Å². The number of hydrogen-bond acceptors (Lipinski definition) is 4. The van der Waals surface area contributed by atoms with Crippen molar-refractivity contribution >= 4 is 27.2 Å². The number of carbonyl (C=O) groups excluding carboxylic acids is 1. The highest BCUT2D eigenvalue weighted by molar-refractivity contribution is 7.22. The number of thiophene rings is 1. The van der Waals surface area contributed by atoms with Gasteiger partial charge >= 0.3 is 0 Å². The topological polar surface area (TPSA) is 29.5 Å². The minimum atomic E-state index is 0.0694. The van der Waals surface area contributed by atoms with E-state index in [0.717, 1.165) is 43.9 Å². The van der Waals surface area contributed by atoms with E-state index in [1.165, 1.54) is 32.4 Å². The number of ketones is 1. The molecule has 3 nitrogen and oxygen atoms in total. The standard InChI is InChI=1S/C28H27NO2S/c30-27(21-9-3-1-4-10-21)26-24-11-5-6-12-25(24)32-28(26)22-13-15-23(16-14-22)31-20-19-29-17-7-2-8-18-29/h1,3-6,9-16H,2,7-8,17-20H2. The van der Waals surface area contributed by atoms with Crippen molar-refractivity contribution in [1.29, 1.82) is 0 Å². The number of likely N-dealkylation sites (tertiary alicyclic amines) is 1. The van der Waals surface area contributed by atoms with Crippen molar-refractivity contribution < 1.29 is 9.53 Å². The van der Waals surface area contributed by atoms with Crippen LogP contribution in [0.1, 0.15) is 35.2 Å². The van der Waals surface area contributed by atoms with Crippen LogP contribution in [0.25, 0.3) is 20.5 Å². The zero-order valence-corrected chi connectivity index (χ0v) is 18.9. The maximum absolute atomic E-state index is 13.5. The Kier molecular flexibility index (Phi) is 6.33. The second-order valence-corrected chi connectivity index (χ2v) is 9.32. The minimum absolute atomic E-state index is 0.0694. The summed E-state index contributed by atoms with van der Waals surface area (Å²) in [6.45, 7) is 4.06. The average molecular weight is 442 g/mol. The van der Waals surface area contributed by atoms with Gasteiger partial charge in [-0.1, -0.05) is 55.0 Å². The summed E-state index contributed by atoms with van der Waals surface area (Å²) in [6.07, 6.45) is 3.95. The van der Waals surface area contributed by atoms with Crippen LogP contribution in [0.5, 0.6) is 5.75 Å². The number of carbonyl (C=O) groups is 1. The molecular formula is C28H27NO2S. The number of hydrogen-bond donors (Lipinski definition) is 0. The highest BCUT2D eigenvalue weighted by Crippen LogP contribution is 2.40. The molecule has 0 spiro atoms. The van der Waals surface area contributed by atoms with Gasteiger partial charge in [-0.15, -0.1) is 11.3 Å². The van der Waals surface area contributed by atoms with E-state index in [4.69, 9.17) is 4.74 Å². The van der Waals surface area contributed by atoms with Gasteiger partial charge in [-0.2, -0.15) is 0 Å². The van der Waals surface area contributed by atoms with Crippen molar-refractivity contribution in [2.45, 2.75) is 19.3 Å². The molecule has 4 aromatic rings. The van der Waals surface area contributed by atoms with Crippen molar-refractivity contribution in [2.75, 3.05) is 26.2 Å². The first kappa shape index (κ1) is 20.9.